The van der Waals surface area contributed by atoms with Gasteiger partial charge in [0.25, 0.3) is 0 Å². The van der Waals surface area contributed by atoms with E-state index in [1.54, 1.807) is 7.11 Å². The zero-order valence-electron chi connectivity index (χ0n) is 12.2. The van der Waals surface area contributed by atoms with Crippen molar-refractivity contribution >= 4 is 0 Å². The van der Waals surface area contributed by atoms with E-state index < -0.39 is 0 Å². The zero-order valence-corrected chi connectivity index (χ0v) is 12.2. The van der Waals surface area contributed by atoms with Crippen LogP contribution in [0.3, 0.4) is 0 Å². The Labute approximate surface area is 116 Å². The zero-order chi connectivity index (χ0) is 13.7. The molecule has 3 nitrogen and oxygen atoms in total. The fourth-order valence-corrected chi connectivity index (χ4v) is 2.73. The Morgan fingerprint density at radius 3 is 2.84 bits per heavy atom. The van der Waals surface area contributed by atoms with Crippen molar-refractivity contribution in [2.75, 3.05) is 20.3 Å². The van der Waals surface area contributed by atoms with E-state index in [-0.39, 0.29) is 6.10 Å². The maximum atomic E-state index is 6.08. The molecule has 0 saturated carbocycles. The van der Waals surface area contributed by atoms with Crippen LogP contribution in [0.25, 0.3) is 0 Å². The van der Waals surface area contributed by atoms with Crippen molar-refractivity contribution in [1.29, 1.82) is 0 Å². The molecule has 19 heavy (non-hydrogen) atoms. The summed E-state index contributed by atoms with van der Waals surface area (Å²) in [7, 11) is 1.75. The highest BCUT2D eigenvalue weighted by molar-refractivity contribution is 5.43. The highest BCUT2D eigenvalue weighted by Gasteiger charge is 2.33. The van der Waals surface area contributed by atoms with Gasteiger partial charge in [-0.25, -0.2) is 0 Å². The van der Waals surface area contributed by atoms with Crippen molar-refractivity contribution in [2.24, 2.45) is 0 Å². The lowest BCUT2D eigenvalue weighted by Crippen LogP contribution is -2.30. The SMILES string of the molecule is CCCC1Oc2ccc(CCOC)cc2C1NCC. The molecule has 0 amide bonds. The van der Waals surface area contributed by atoms with Crippen LogP contribution in [-0.4, -0.2) is 26.4 Å². The summed E-state index contributed by atoms with van der Waals surface area (Å²) in [4.78, 5) is 0. The van der Waals surface area contributed by atoms with Gasteiger partial charge in [0, 0.05) is 12.7 Å². The molecule has 0 saturated heterocycles. The quantitative estimate of drug-likeness (QED) is 0.820. The van der Waals surface area contributed by atoms with E-state index >= 15 is 0 Å². The number of benzene rings is 1. The van der Waals surface area contributed by atoms with Crippen molar-refractivity contribution < 1.29 is 9.47 Å². The van der Waals surface area contributed by atoms with Crippen LogP contribution in [0.5, 0.6) is 5.75 Å². The molecule has 2 atom stereocenters. The monoisotopic (exact) mass is 263 g/mol. The summed E-state index contributed by atoms with van der Waals surface area (Å²) in [5.74, 6) is 1.05. The molecule has 2 rings (SSSR count). The predicted octanol–water partition coefficient (Wildman–Crippen LogP) is 3.09. The highest BCUT2D eigenvalue weighted by atomic mass is 16.5. The molecule has 2 unspecified atom stereocenters. The number of methoxy groups -OCH3 is 1. The van der Waals surface area contributed by atoms with Gasteiger partial charge < -0.3 is 14.8 Å². The number of likely N-dealkylation sites (N-methyl/N-ethyl adjacent to an activating group) is 1. The number of ether oxygens (including phenoxy) is 2. The third kappa shape index (κ3) is 3.28. The van der Waals surface area contributed by atoms with Gasteiger partial charge in [-0.05, 0) is 31.0 Å². The molecule has 106 valence electrons. The second-order valence-electron chi connectivity index (χ2n) is 5.10. The van der Waals surface area contributed by atoms with Crippen LogP contribution >= 0.6 is 0 Å². The first kappa shape index (κ1) is 14.4. The summed E-state index contributed by atoms with van der Waals surface area (Å²) in [5.41, 5.74) is 2.64. The Hall–Kier alpha value is -1.06. The summed E-state index contributed by atoms with van der Waals surface area (Å²) in [6, 6.07) is 6.87. The lowest BCUT2D eigenvalue weighted by atomic mass is 9.98. The summed E-state index contributed by atoms with van der Waals surface area (Å²) in [5, 5.41) is 3.56. The van der Waals surface area contributed by atoms with Crippen LogP contribution in [0.4, 0.5) is 0 Å². The fourth-order valence-electron chi connectivity index (χ4n) is 2.73. The van der Waals surface area contributed by atoms with E-state index in [2.05, 4.69) is 37.4 Å². The third-order valence-electron chi connectivity index (χ3n) is 3.65. The van der Waals surface area contributed by atoms with Gasteiger partial charge in [0.15, 0.2) is 0 Å². The molecule has 0 aromatic heterocycles. The third-order valence-corrected chi connectivity index (χ3v) is 3.65. The van der Waals surface area contributed by atoms with E-state index in [1.807, 2.05) is 0 Å². The lowest BCUT2D eigenvalue weighted by molar-refractivity contribution is 0.179. The van der Waals surface area contributed by atoms with Crippen molar-refractivity contribution in [3.63, 3.8) is 0 Å². The average Bonchev–Trinajstić information content (AvgIpc) is 2.75. The predicted molar refractivity (Wildman–Crippen MR) is 77.8 cm³/mol. The van der Waals surface area contributed by atoms with Crippen LogP contribution in [0, 0.1) is 0 Å². The number of nitrogens with one attached hydrogen (secondary N) is 1. The van der Waals surface area contributed by atoms with Gasteiger partial charge in [-0.1, -0.05) is 32.4 Å². The molecule has 1 heterocycles. The Morgan fingerprint density at radius 2 is 2.16 bits per heavy atom. The van der Waals surface area contributed by atoms with Gasteiger partial charge >= 0.3 is 0 Å². The Kier molecular flexibility index (Phi) is 5.23. The molecule has 1 N–H and O–H groups in total. The Bertz CT molecular complexity index is 406. The summed E-state index contributed by atoms with van der Waals surface area (Å²) >= 11 is 0. The number of fused-ring (bicyclic) bond motifs is 1. The van der Waals surface area contributed by atoms with Crippen LogP contribution in [0.2, 0.25) is 0 Å². The number of hydrogen-bond acceptors (Lipinski definition) is 3. The first-order valence-electron chi connectivity index (χ1n) is 7.32. The van der Waals surface area contributed by atoms with Gasteiger partial charge in [0.2, 0.25) is 0 Å². The largest absolute Gasteiger partial charge is 0.488 e. The van der Waals surface area contributed by atoms with Gasteiger partial charge in [-0.3, -0.25) is 0 Å². The van der Waals surface area contributed by atoms with Crippen LogP contribution in [0.1, 0.15) is 43.9 Å². The number of rotatable bonds is 7. The molecule has 0 fully saturated rings. The molecule has 3 heteroatoms. The second kappa shape index (κ2) is 6.92. The smallest absolute Gasteiger partial charge is 0.124 e. The molecule has 1 aromatic rings. The van der Waals surface area contributed by atoms with E-state index in [9.17, 15) is 0 Å². The minimum Gasteiger partial charge on any atom is -0.488 e. The molecular weight excluding hydrogens is 238 g/mol. The van der Waals surface area contributed by atoms with Crippen molar-refractivity contribution in [2.45, 2.75) is 45.3 Å². The normalized spacial score (nSPS) is 21.2. The van der Waals surface area contributed by atoms with Crippen LogP contribution in [0.15, 0.2) is 18.2 Å². The number of hydrogen-bond donors (Lipinski definition) is 1. The van der Waals surface area contributed by atoms with Crippen molar-refractivity contribution in [3.05, 3.63) is 29.3 Å². The van der Waals surface area contributed by atoms with Gasteiger partial charge in [-0.2, -0.15) is 0 Å². The molecule has 1 aliphatic heterocycles. The van der Waals surface area contributed by atoms with Gasteiger partial charge in [0.05, 0.1) is 12.6 Å². The lowest BCUT2D eigenvalue weighted by Gasteiger charge is -2.19. The molecule has 0 bridgehead atoms. The standard InChI is InChI=1S/C16H25NO2/c1-4-6-15-16(17-5-2)13-11-12(9-10-18-3)7-8-14(13)19-15/h7-8,11,15-17H,4-6,9-10H2,1-3H3. The minimum atomic E-state index is 0.276. The van der Waals surface area contributed by atoms with E-state index in [4.69, 9.17) is 9.47 Å². The molecule has 1 aromatic carbocycles. The molecular formula is C16H25NO2. The fraction of sp³-hybridized carbons (Fsp3) is 0.625. The summed E-state index contributed by atoms with van der Waals surface area (Å²) in [6.45, 7) is 6.09. The van der Waals surface area contributed by atoms with Crippen molar-refractivity contribution in [3.8, 4) is 5.75 Å². The first-order chi connectivity index (χ1) is 9.30. The average molecular weight is 263 g/mol. The minimum absolute atomic E-state index is 0.276. The maximum absolute atomic E-state index is 6.08. The van der Waals surface area contributed by atoms with Crippen molar-refractivity contribution in [1.82, 2.24) is 5.32 Å². The molecule has 0 spiro atoms. The molecule has 1 aliphatic rings. The summed E-state index contributed by atoms with van der Waals surface area (Å²) < 4.78 is 11.2. The summed E-state index contributed by atoms with van der Waals surface area (Å²) in [6.07, 6.45) is 3.48. The molecule has 0 aliphatic carbocycles. The van der Waals surface area contributed by atoms with E-state index in [1.165, 1.54) is 11.1 Å². The Balaban J connectivity index is 2.18. The van der Waals surface area contributed by atoms with Crippen LogP contribution < -0.4 is 10.1 Å². The Morgan fingerprint density at radius 1 is 1.32 bits per heavy atom. The topological polar surface area (TPSA) is 30.5 Å². The van der Waals surface area contributed by atoms with E-state index in [0.717, 1.165) is 38.2 Å². The molecule has 0 radical (unpaired) electrons. The van der Waals surface area contributed by atoms with Gasteiger partial charge in [0.1, 0.15) is 11.9 Å². The second-order valence-corrected chi connectivity index (χ2v) is 5.10. The van der Waals surface area contributed by atoms with Gasteiger partial charge in [-0.15, -0.1) is 0 Å². The van der Waals surface area contributed by atoms with E-state index in [0.29, 0.717) is 6.04 Å². The van der Waals surface area contributed by atoms with Crippen LogP contribution in [-0.2, 0) is 11.2 Å². The highest BCUT2D eigenvalue weighted by Crippen LogP contribution is 2.38. The first-order valence-corrected chi connectivity index (χ1v) is 7.32. The maximum Gasteiger partial charge on any atom is 0.124 e.